The highest BCUT2D eigenvalue weighted by atomic mass is 16.5. The molecule has 2 N–H and O–H groups in total. The van der Waals surface area contributed by atoms with E-state index >= 15 is 0 Å². The molecule has 0 atom stereocenters. The van der Waals surface area contributed by atoms with E-state index in [9.17, 15) is 19.5 Å². The lowest BCUT2D eigenvalue weighted by atomic mass is 10.1. The van der Waals surface area contributed by atoms with Crippen molar-refractivity contribution in [2.45, 2.75) is 0 Å². The molecule has 0 aromatic heterocycles. The van der Waals surface area contributed by atoms with Gasteiger partial charge in [-0.3, -0.25) is 9.59 Å². The summed E-state index contributed by atoms with van der Waals surface area (Å²) in [6.07, 6.45) is 0. The van der Waals surface area contributed by atoms with Gasteiger partial charge in [-0.25, -0.2) is 4.79 Å². The number of amides is 2. The molecule has 0 bridgehead atoms. The minimum absolute atomic E-state index is 0.0601. The molecular weight excluding hydrogens is 336 g/mol. The SMILES string of the molecule is O=C(O)c1ccccc1C(=O)Nc1cccc(C(=O)N2CCOCC2)c1. The Kier molecular flexibility index (Phi) is 5.28. The Morgan fingerprint density at radius 1 is 0.962 bits per heavy atom. The first-order chi connectivity index (χ1) is 12.6. The molecule has 2 aromatic carbocycles. The molecule has 0 spiro atoms. The maximum Gasteiger partial charge on any atom is 0.336 e. The summed E-state index contributed by atoms with van der Waals surface area (Å²) in [6.45, 7) is 2.07. The van der Waals surface area contributed by atoms with Crippen LogP contribution < -0.4 is 5.32 Å². The number of hydrogen-bond donors (Lipinski definition) is 2. The molecule has 2 aromatic rings. The summed E-state index contributed by atoms with van der Waals surface area (Å²) in [7, 11) is 0. The predicted octanol–water partition coefficient (Wildman–Crippen LogP) is 2.11. The fraction of sp³-hybridized carbons (Fsp3) is 0.211. The summed E-state index contributed by atoms with van der Waals surface area (Å²) >= 11 is 0. The maximum absolute atomic E-state index is 12.5. The van der Waals surface area contributed by atoms with Gasteiger partial charge in [0.25, 0.3) is 11.8 Å². The Morgan fingerprint density at radius 2 is 1.65 bits per heavy atom. The number of nitrogens with zero attached hydrogens (tertiary/aromatic N) is 1. The Labute approximate surface area is 150 Å². The van der Waals surface area contributed by atoms with Gasteiger partial charge in [-0.05, 0) is 30.3 Å². The van der Waals surface area contributed by atoms with E-state index in [1.165, 1.54) is 12.1 Å². The first kappa shape index (κ1) is 17.6. The third-order valence-corrected chi connectivity index (χ3v) is 4.07. The van der Waals surface area contributed by atoms with Crippen LogP contribution in [0.25, 0.3) is 0 Å². The average molecular weight is 354 g/mol. The van der Waals surface area contributed by atoms with Crippen LogP contribution in [0.4, 0.5) is 5.69 Å². The van der Waals surface area contributed by atoms with Crippen molar-refractivity contribution in [2.75, 3.05) is 31.6 Å². The molecule has 1 fully saturated rings. The van der Waals surface area contributed by atoms with Crippen LogP contribution in [-0.4, -0.2) is 54.1 Å². The summed E-state index contributed by atoms with van der Waals surface area (Å²) in [4.78, 5) is 37.9. The van der Waals surface area contributed by atoms with E-state index in [4.69, 9.17) is 4.74 Å². The van der Waals surface area contributed by atoms with E-state index in [1.807, 2.05) is 0 Å². The van der Waals surface area contributed by atoms with Gasteiger partial charge in [0.15, 0.2) is 0 Å². The number of nitrogens with one attached hydrogen (secondary N) is 1. The van der Waals surface area contributed by atoms with Crippen molar-refractivity contribution in [3.05, 3.63) is 65.2 Å². The Hall–Kier alpha value is -3.19. The summed E-state index contributed by atoms with van der Waals surface area (Å²) in [6, 6.07) is 12.6. The number of ether oxygens (including phenoxy) is 1. The number of aromatic carboxylic acids is 1. The van der Waals surface area contributed by atoms with Crippen LogP contribution in [0.3, 0.4) is 0 Å². The molecule has 7 heteroatoms. The lowest BCUT2D eigenvalue weighted by molar-refractivity contribution is 0.0303. The molecule has 1 aliphatic rings. The van der Waals surface area contributed by atoms with Gasteiger partial charge in [0.2, 0.25) is 0 Å². The third-order valence-electron chi connectivity index (χ3n) is 4.07. The van der Waals surface area contributed by atoms with Gasteiger partial charge in [0.1, 0.15) is 0 Å². The molecule has 3 rings (SSSR count). The van der Waals surface area contributed by atoms with Crippen LogP contribution in [-0.2, 0) is 4.74 Å². The summed E-state index contributed by atoms with van der Waals surface area (Å²) < 4.78 is 5.24. The third kappa shape index (κ3) is 3.89. The zero-order chi connectivity index (χ0) is 18.5. The lowest BCUT2D eigenvalue weighted by Crippen LogP contribution is -2.40. The van der Waals surface area contributed by atoms with Crippen LogP contribution >= 0.6 is 0 Å². The molecule has 26 heavy (non-hydrogen) atoms. The molecular formula is C19H18N2O5. The average Bonchev–Trinajstić information content (AvgIpc) is 2.68. The van der Waals surface area contributed by atoms with Crippen LogP contribution in [0, 0.1) is 0 Å². The molecule has 0 aliphatic carbocycles. The number of carboxylic acids is 1. The molecule has 0 unspecified atom stereocenters. The standard InChI is InChI=1S/C19H18N2O5/c22-17(15-6-1-2-7-16(15)19(24)25)20-14-5-3-4-13(12-14)18(23)21-8-10-26-11-9-21/h1-7,12H,8-11H2,(H,20,22)(H,24,25). The Balaban J connectivity index is 1.77. The Bertz CT molecular complexity index is 843. The zero-order valence-corrected chi connectivity index (χ0v) is 14.0. The lowest BCUT2D eigenvalue weighted by Gasteiger charge is -2.27. The number of anilines is 1. The van der Waals surface area contributed by atoms with Crippen LogP contribution in [0.15, 0.2) is 48.5 Å². The summed E-state index contributed by atoms with van der Waals surface area (Å²) in [5, 5.41) is 11.9. The van der Waals surface area contributed by atoms with Crippen molar-refractivity contribution in [3.8, 4) is 0 Å². The minimum Gasteiger partial charge on any atom is -0.478 e. The van der Waals surface area contributed by atoms with Gasteiger partial charge in [-0.2, -0.15) is 0 Å². The number of morpholine rings is 1. The fourth-order valence-corrected chi connectivity index (χ4v) is 2.75. The quantitative estimate of drug-likeness (QED) is 0.877. The number of rotatable bonds is 4. The van der Waals surface area contributed by atoms with Gasteiger partial charge in [0.05, 0.1) is 24.3 Å². The number of benzene rings is 2. The Morgan fingerprint density at radius 3 is 2.35 bits per heavy atom. The van der Waals surface area contributed by atoms with Crippen LogP contribution in [0.5, 0.6) is 0 Å². The number of carboxylic acid groups (broad SMARTS) is 1. The number of hydrogen-bond acceptors (Lipinski definition) is 4. The molecule has 1 aliphatic heterocycles. The van der Waals surface area contributed by atoms with Crippen molar-refractivity contribution >= 4 is 23.5 Å². The summed E-state index contributed by atoms with van der Waals surface area (Å²) in [5.41, 5.74) is 0.862. The van der Waals surface area contributed by atoms with Gasteiger partial charge in [-0.15, -0.1) is 0 Å². The van der Waals surface area contributed by atoms with Crippen LogP contribution in [0.1, 0.15) is 31.1 Å². The van der Waals surface area contributed by atoms with Crippen molar-refractivity contribution in [1.82, 2.24) is 4.90 Å². The molecule has 7 nitrogen and oxygen atoms in total. The van der Waals surface area contributed by atoms with E-state index in [0.29, 0.717) is 37.6 Å². The second kappa shape index (κ2) is 7.79. The summed E-state index contributed by atoms with van der Waals surface area (Å²) in [5.74, 6) is -1.85. The number of carbonyl (C=O) groups excluding carboxylic acids is 2. The molecule has 0 radical (unpaired) electrons. The van der Waals surface area contributed by atoms with Gasteiger partial charge in [-0.1, -0.05) is 18.2 Å². The molecule has 0 saturated carbocycles. The first-order valence-electron chi connectivity index (χ1n) is 8.17. The first-order valence-corrected chi connectivity index (χ1v) is 8.17. The molecule has 2 amide bonds. The van der Waals surface area contributed by atoms with Crippen LogP contribution in [0.2, 0.25) is 0 Å². The maximum atomic E-state index is 12.5. The fourth-order valence-electron chi connectivity index (χ4n) is 2.75. The van der Waals surface area contributed by atoms with E-state index < -0.39 is 11.9 Å². The highest BCUT2D eigenvalue weighted by Gasteiger charge is 2.20. The van der Waals surface area contributed by atoms with E-state index in [1.54, 1.807) is 41.3 Å². The van der Waals surface area contributed by atoms with Crippen molar-refractivity contribution in [2.24, 2.45) is 0 Å². The monoisotopic (exact) mass is 354 g/mol. The van der Waals surface area contributed by atoms with Crippen molar-refractivity contribution < 1.29 is 24.2 Å². The second-order valence-corrected chi connectivity index (χ2v) is 5.79. The van der Waals surface area contributed by atoms with E-state index in [2.05, 4.69) is 5.32 Å². The molecule has 134 valence electrons. The smallest absolute Gasteiger partial charge is 0.336 e. The second-order valence-electron chi connectivity index (χ2n) is 5.79. The van der Waals surface area contributed by atoms with Crippen molar-refractivity contribution in [1.29, 1.82) is 0 Å². The van der Waals surface area contributed by atoms with Gasteiger partial charge < -0.3 is 20.1 Å². The topological polar surface area (TPSA) is 95.9 Å². The number of carbonyl (C=O) groups is 3. The highest BCUT2D eigenvalue weighted by molar-refractivity contribution is 6.11. The zero-order valence-electron chi connectivity index (χ0n) is 14.0. The van der Waals surface area contributed by atoms with Gasteiger partial charge in [0, 0.05) is 24.3 Å². The predicted molar refractivity (Wildman–Crippen MR) is 94.5 cm³/mol. The normalized spacial score (nSPS) is 13.9. The molecule has 1 saturated heterocycles. The molecule has 1 heterocycles. The largest absolute Gasteiger partial charge is 0.478 e. The van der Waals surface area contributed by atoms with E-state index in [0.717, 1.165) is 0 Å². The van der Waals surface area contributed by atoms with Crippen molar-refractivity contribution in [3.63, 3.8) is 0 Å². The highest BCUT2D eigenvalue weighted by Crippen LogP contribution is 2.16. The minimum atomic E-state index is -1.17. The van der Waals surface area contributed by atoms with E-state index in [-0.39, 0.29) is 17.0 Å². The van der Waals surface area contributed by atoms with Gasteiger partial charge >= 0.3 is 5.97 Å².